The number of ether oxygens (including phenoxy) is 1. The summed E-state index contributed by atoms with van der Waals surface area (Å²) in [6.07, 6.45) is 6.72. The van der Waals surface area contributed by atoms with Crippen molar-refractivity contribution in [2.75, 3.05) is 6.61 Å². The predicted molar refractivity (Wildman–Crippen MR) is 162 cm³/mol. The molecule has 6 rings (SSSR count). The number of fused-ring (bicyclic) bond motifs is 1. The molecule has 5 aromatic rings. The van der Waals surface area contributed by atoms with E-state index in [1.54, 1.807) is 0 Å². The molecule has 3 aromatic heterocycles. The number of hydrogen-bond acceptors (Lipinski definition) is 8. The van der Waals surface area contributed by atoms with Crippen LogP contribution in [-0.2, 0) is 17.6 Å². The first-order valence-corrected chi connectivity index (χ1v) is 14.3. The number of aromatic amines is 1. The van der Waals surface area contributed by atoms with Gasteiger partial charge in [0.15, 0.2) is 5.82 Å². The molecule has 0 radical (unpaired) electrons. The van der Waals surface area contributed by atoms with Gasteiger partial charge in [-0.2, -0.15) is 15.3 Å². The Balaban J connectivity index is 0.00000368. The Bertz CT molecular complexity index is 1860. The van der Waals surface area contributed by atoms with Crippen molar-refractivity contribution in [2.24, 2.45) is 0 Å². The van der Waals surface area contributed by atoms with Crippen molar-refractivity contribution in [1.82, 2.24) is 29.3 Å². The van der Waals surface area contributed by atoms with Crippen molar-refractivity contribution in [2.45, 2.75) is 64.0 Å². The van der Waals surface area contributed by atoms with Crippen LogP contribution in [0.15, 0.2) is 69.0 Å². The van der Waals surface area contributed by atoms with E-state index in [9.17, 15) is 9.59 Å². The molecule has 0 bridgehead atoms. The van der Waals surface area contributed by atoms with E-state index in [0.717, 1.165) is 65.6 Å². The molecule has 0 amide bonds. The van der Waals surface area contributed by atoms with Gasteiger partial charge in [-0.05, 0) is 48.8 Å². The van der Waals surface area contributed by atoms with Gasteiger partial charge in [0.25, 0.3) is 5.56 Å². The molecule has 216 valence electrons. The number of nitrogens with zero attached hydrogens (tertiary/aromatic N) is 6. The van der Waals surface area contributed by atoms with Gasteiger partial charge in [0.1, 0.15) is 12.9 Å². The molecular formula is C31H32KN7O4. The van der Waals surface area contributed by atoms with Crippen LogP contribution in [0.4, 0.5) is 0 Å². The molecule has 3 heterocycles. The number of rotatable bonds is 9. The Kier molecular flexibility index (Phi) is 10.2. The van der Waals surface area contributed by atoms with Gasteiger partial charge in [-0.3, -0.25) is 18.9 Å². The van der Waals surface area contributed by atoms with Gasteiger partial charge in [0.05, 0.1) is 17.9 Å². The second-order valence-electron chi connectivity index (χ2n) is 10.6. The van der Waals surface area contributed by atoms with E-state index in [0.29, 0.717) is 24.4 Å². The van der Waals surface area contributed by atoms with Gasteiger partial charge >= 0.3 is 57.1 Å². The van der Waals surface area contributed by atoms with Gasteiger partial charge in [-0.15, -0.1) is 0 Å². The maximum atomic E-state index is 14.2. The van der Waals surface area contributed by atoms with E-state index in [1.807, 2.05) is 63.7 Å². The summed E-state index contributed by atoms with van der Waals surface area (Å²) >= 11 is 0. The number of aryl methyl sites for hydroxylation is 1. The zero-order chi connectivity index (χ0) is 29.1. The third-order valence-corrected chi connectivity index (χ3v) is 7.97. The second-order valence-corrected chi connectivity index (χ2v) is 10.6. The molecule has 0 spiro atoms. The molecule has 1 aliphatic rings. The molecule has 43 heavy (non-hydrogen) atoms. The van der Waals surface area contributed by atoms with E-state index in [1.165, 1.54) is 6.33 Å². The average Bonchev–Trinajstić information content (AvgIpc) is 3.68. The van der Waals surface area contributed by atoms with Crippen LogP contribution in [-0.4, -0.2) is 93.4 Å². The fraction of sp³-hybridized carbons (Fsp3) is 0.355. The molecule has 1 N–H and O–H groups in total. The van der Waals surface area contributed by atoms with Gasteiger partial charge in [-0.1, -0.05) is 67.0 Å². The van der Waals surface area contributed by atoms with Gasteiger partial charge < -0.3 is 4.74 Å². The van der Waals surface area contributed by atoms with E-state index in [-0.39, 0.29) is 75.7 Å². The summed E-state index contributed by atoms with van der Waals surface area (Å²) in [6.45, 7) is 2.18. The SMILES string of the molecule is CCCc1c(Cc2ccc(-c3ccccc3-c3noc(=O)[nH]3)cc2)c(=O)n(C2CCC(OCC#N)CC2)c2ncnn12.[KH]. The topological polar surface area (TPSA) is 144 Å². The van der Waals surface area contributed by atoms with Crippen molar-refractivity contribution in [1.29, 1.82) is 5.26 Å². The molecule has 11 nitrogen and oxygen atoms in total. The first kappa shape index (κ1) is 31.2. The van der Waals surface area contributed by atoms with Gasteiger partial charge in [-0.25, -0.2) is 9.31 Å². The van der Waals surface area contributed by atoms with Crippen molar-refractivity contribution in [3.05, 3.63) is 92.6 Å². The number of H-pyrrole nitrogens is 1. The molecule has 12 heteroatoms. The van der Waals surface area contributed by atoms with Crippen LogP contribution in [0.1, 0.15) is 61.9 Å². The Hall–Kier alpha value is -3.18. The summed E-state index contributed by atoms with van der Waals surface area (Å²) in [5, 5.41) is 17.2. The Morgan fingerprint density at radius 2 is 1.81 bits per heavy atom. The number of nitriles is 1. The summed E-state index contributed by atoms with van der Waals surface area (Å²) in [4.78, 5) is 32.8. The summed E-state index contributed by atoms with van der Waals surface area (Å²) in [5.74, 6) is 0.344. The number of hydrogen-bond donors (Lipinski definition) is 1. The normalized spacial score (nSPS) is 16.6. The number of benzene rings is 2. The van der Waals surface area contributed by atoms with Crippen LogP contribution in [0.25, 0.3) is 28.3 Å². The summed E-state index contributed by atoms with van der Waals surface area (Å²) in [5.41, 5.74) is 5.21. The Labute approximate surface area is 290 Å². The quantitative estimate of drug-likeness (QED) is 0.250. The second kappa shape index (κ2) is 14.1. The Morgan fingerprint density at radius 1 is 1.07 bits per heavy atom. The van der Waals surface area contributed by atoms with Crippen molar-refractivity contribution < 1.29 is 9.26 Å². The molecule has 1 aliphatic carbocycles. The zero-order valence-corrected chi connectivity index (χ0v) is 23.3. The molecule has 0 atom stereocenters. The number of aromatic nitrogens is 6. The molecule has 0 unspecified atom stereocenters. The summed E-state index contributed by atoms with van der Waals surface area (Å²) < 4.78 is 14.0. The van der Waals surface area contributed by atoms with Crippen LogP contribution in [0, 0.1) is 11.3 Å². The van der Waals surface area contributed by atoms with Crippen LogP contribution < -0.4 is 11.3 Å². The van der Waals surface area contributed by atoms with Gasteiger partial charge in [0, 0.05) is 23.6 Å². The fourth-order valence-electron chi connectivity index (χ4n) is 6.00. The third-order valence-electron chi connectivity index (χ3n) is 7.97. The maximum absolute atomic E-state index is 14.2. The van der Waals surface area contributed by atoms with Crippen LogP contribution in [0.3, 0.4) is 0 Å². The third kappa shape index (κ3) is 6.52. The van der Waals surface area contributed by atoms with E-state index in [2.05, 4.69) is 27.1 Å². The first-order valence-electron chi connectivity index (χ1n) is 14.3. The molecule has 0 saturated heterocycles. The van der Waals surface area contributed by atoms with Gasteiger partial charge in [0.2, 0.25) is 5.78 Å². The predicted octanol–water partition coefficient (Wildman–Crippen LogP) is 3.82. The molecular weight excluding hydrogens is 573 g/mol. The minimum absolute atomic E-state index is 0. The van der Waals surface area contributed by atoms with E-state index < -0.39 is 5.76 Å². The van der Waals surface area contributed by atoms with Crippen molar-refractivity contribution in [3.8, 4) is 28.6 Å². The fourth-order valence-corrected chi connectivity index (χ4v) is 6.00. The summed E-state index contributed by atoms with van der Waals surface area (Å²) in [7, 11) is 0. The first-order chi connectivity index (χ1) is 20.6. The molecule has 1 saturated carbocycles. The molecule has 0 aliphatic heterocycles. The molecule has 1 fully saturated rings. The van der Waals surface area contributed by atoms with Crippen molar-refractivity contribution in [3.63, 3.8) is 0 Å². The van der Waals surface area contributed by atoms with Crippen LogP contribution in [0.2, 0.25) is 0 Å². The standard InChI is InChI=1S/C31H31N7O4.K.H/c1-2-5-27-26(29(39)37(30-33-19-34-38(27)30)22-12-14-23(15-13-22)41-17-16-32)18-20-8-10-21(11-9-20)24-6-3-4-7-25(24)28-35-31(40)42-36-28;;/h3-4,6-11,19,22-23H,2,5,12-15,17-18H2,1H3,(H,35,36,40);;. The van der Waals surface area contributed by atoms with Crippen molar-refractivity contribution >= 4 is 57.2 Å². The average molecular weight is 606 g/mol. The minimum atomic E-state index is -0.603. The monoisotopic (exact) mass is 605 g/mol. The zero-order valence-electron chi connectivity index (χ0n) is 23.3. The number of nitrogens with one attached hydrogen (secondary N) is 1. The summed E-state index contributed by atoms with van der Waals surface area (Å²) in [6, 6.07) is 17.8. The van der Waals surface area contributed by atoms with Crippen LogP contribution in [0.5, 0.6) is 0 Å². The van der Waals surface area contributed by atoms with Crippen LogP contribution >= 0.6 is 0 Å². The molecule has 2 aromatic carbocycles. The Morgan fingerprint density at radius 3 is 2.49 bits per heavy atom. The van der Waals surface area contributed by atoms with E-state index >= 15 is 0 Å². The van der Waals surface area contributed by atoms with E-state index in [4.69, 9.17) is 14.5 Å².